The maximum atomic E-state index is 11.5. The summed E-state index contributed by atoms with van der Waals surface area (Å²) in [5, 5.41) is 8.46. The predicted molar refractivity (Wildman–Crippen MR) is 78.9 cm³/mol. The summed E-state index contributed by atoms with van der Waals surface area (Å²) in [7, 11) is -3.85. The van der Waals surface area contributed by atoms with Crippen molar-refractivity contribution in [3.05, 3.63) is 12.2 Å². The van der Waals surface area contributed by atoms with Crippen LogP contribution in [0.4, 0.5) is 0 Å². The molecule has 0 aromatic rings. The number of ether oxygens (including phenoxy) is 1. The van der Waals surface area contributed by atoms with Gasteiger partial charge in [-0.05, 0) is 39.2 Å². The van der Waals surface area contributed by atoms with Gasteiger partial charge >= 0.3 is 11.9 Å². The molecule has 1 atom stereocenters. The number of rotatable bonds is 7. The Morgan fingerprint density at radius 1 is 1.16 bits per heavy atom. The van der Waals surface area contributed by atoms with E-state index in [1.807, 2.05) is 20.0 Å². The van der Waals surface area contributed by atoms with Gasteiger partial charge in [0.2, 0.25) is 8.32 Å². The topological polar surface area (TPSA) is 72.8 Å². The molecule has 0 saturated heterocycles. The fraction of sp³-hybridized carbons (Fsp3) is 0.667. The number of carboxylic acid groups (broad SMARTS) is 1. The highest BCUT2D eigenvalue weighted by molar-refractivity contribution is 6.84. The minimum absolute atomic E-state index is 0.273. The normalized spacial score (nSPS) is 14.4. The van der Waals surface area contributed by atoms with Gasteiger partial charge in [0.1, 0.15) is 5.73 Å². The van der Waals surface area contributed by atoms with Crippen LogP contribution in [0.3, 0.4) is 0 Å². The van der Waals surface area contributed by atoms with Gasteiger partial charge in [-0.2, -0.15) is 0 Å². The van der Waals surface area contributed by atoms with E-state index in [-0.39, 0.29) is 5.73 Å². The molecule has 0 bridgehead atoms. The van der Waals surface area contributed by atoms with E-state index >= 15 is 0 Å². The van der Waals surface area contributed by atoms with Gasteiger partial charge in [0.05, 0.1) is 0 Å². The highest BCUT2D eigenvalue weighted by Gasteiger charge is 2.39. The lowest BCUT2D eigenvalue weighted by Crippen LogP contribution is -2.52. The van der Waals surface area contributed by atoms with Crippen molar-refractivity contribution in [2.45, 2.75) is 51.8 Å². The molecule has 7 heteroatoms. The molecule has 1 N–H and O–H groups in total. The summed E-state index contributed by atoms with van der Waals surface area (Å²) in [5.74, 6) is -1.80. The minimum Gasteiger partial charge on any atom is -0.478 e. The van der Waals surface area contributed by atoms with Crippen molar-refractivity contribution in [1.82, 2.24) is 0 Å². The van der Waals surface area contributed by atoms with Crippen molar-refractivity contribution in [3.63, 3.8) is 0 Å². The van der Waals surface area contributed by atoms with E-state index in [0.29, 0.717) is 6.42 Å². The molecular formula is C12H24O5Si2. The Hall–Kier alpha value is -0.926. The Morgan fingerprint density at radius 3 is 2.05 bits per heavy atom. The Kier molecular flexibility index (Phi) is 6.67. The second kappa shape index (κ2) is 7.02. The lowest BCUT2D eigenvalue weighted by atomic mass is 10.5. The summed E-state index contributed by atoms with van der Waals surface area (Å²) in [5.41, 5.74) is -0.273. The average Bonchev–Trinajstić information content (AvgIpc) is 2.19. The smallest absolute Gasteiger partial charge is 0.331 e. The lowest BCUT2D eigenvalue weighted by Gasteiger charge is -2.36. The Morgan fingerprint density at radius 2 is 1.68 bits per heavy atom. The molecule has 0 aromatic carbocycles. The van der Waals surface area contributed by atoms with Crippen LogP contribution in [0.15, 0.2) is 12.2 Å². The number of esters is 1. The predicted octanol–water partition coefficient (Wildman–Crippen LogP) is 2.54. The van der Waals surface area contributed by atoms with Gasteiger partial charge in [0.25, 0.3) is 0 Å². The summed E-state index contributed by atoms with van der Waals surface area (Å²) in [6.45, 7) is 12.3. The van der Waals surface area contributed by atoms with E-state index in [0.717, 1.165) is 12.2 Å². The molecule has 0 aromatic heterocycles. The molecule has 0 amide bonds. The molecule has 110 valence electrons. The van der Waals surface area contributed by atoms with Crippen LogP contribution in [-0.2, 0) is 18.4 Å². The zero-order valence-corrected chi connectivity index (χ0v) is 14.5. The maximum absolute atomic E-state index is 11.5. The third-order valence-electron chi connectivity index (χ3n) is 2.34. The third kappa shape index (κ3) is 7.96. The third-order valence-corrected chi connectivity index (χ3v) is 8.97. The molecular weight excluding hydrogens is 280 g/mol. The second-order valence-corrected chi connectivity index (χ2v) is 14.7. The molecule has 19 heavy (non-hydrogen) atoms. The van der Waals surface area contributed by atoms with Crippen molar-refractivity contribution in [2.75, 3.05) is 0 Å². The van der Waals surface area contributed by atoms with Gasteiger partial charge in [-0.1, -0.05) is 6.92 Å². The first-order valence-corrected chi connectivity index (χ1v) is 12.7. The molecule has 0 aliphatic rings. The molecule has 0 saturated carbocycles. The first-order valence-electron chi connectivity index (χ1n) is 6.29. The molecule has 0 rings (SSSR count). The van der Waals surface area contributed by atoms with Crippen LogP contribution in [0.25, 0.3) is 0 Å². The van der Waals surface area contributed by atoms with Gasteiger partial charge < -0.3 is 14.0 Å². The molecule has 0 aliphatic heterocycles. The number of carbonyl (C=O) groups excluding carboxylic acids is 1. The highest BCUT2D eigenvalue weighted by Crippen LogP contribution is 2.22. The van der Waals surface area contributed by atoms with Crippen LogP contribution >= 0.6 is 0 Å². The van der Waals surface area contributed by atoms with Crippen molar-refractivity contribution in [1.29, 1.82) is 0 Å². The molecule has 1 unspecified atom stereocenters. The summed E-state index contributed by atoms with van der Waals surface area (Å²) in [6.07, 6.45) is 2.38. The number of hydrogen-bond donors (Lipinski definition) is 1. The zero-order valence-electron chi connectivity index (χ0n) is 12.5. The van der Waals surface area contributed by atoms with Crippen molar-refractivity contribution < 1.29 is 23.5 Å². The van der Waals surface area contributed by atoms with E-state index in [1.165, 1.54) is 0 Å². The maximum Gasteiger partial charge on any atom is 0.331 e. The largest absolute Gasteiger partial charge is 0.478 e. The minimum atomic E-state index is -2.15. The SMILES string of the molecule is CCC(OC(=O)/C=C/C(=O)O)[Si](C)(C)O[Si](C)(C)C. The molecule has 0 heterocycles. The first-order chi connectivity index (χ1) is 8.48. The zero-order chi connectivity index (χ0) is 15.3. The first kappa shape index (κ1) is 18.1. The lowest BCUT2D eigenvalue weighted by molar-refractivity contribution is -0.141. The van der Waals surface area contributed by atoms with Gasteiger partial charge in [0.15, 0.2) is 8.32 Å². The van der Waals surface area contributed by atoms with Crippen LogP contribution < -0.4 is 0 Å². The number of carbonyl (C=O) groups is 2. The monoisotopic (exact) mass is 304 g/mol. The van der Waals surface area contributed by atoms with E-state index in [2.05, 4.69) is 19.6 Å². The quantitative estimate of drug-likeness (QED) is 0.444. The van der Waals surface area contributed by atoms with E-state index in [9.17, 15) is 9.59 Å². The van der Waals surface area contributed by atoms with Gasteiger partial charge in [-0.15, -0.1) is 0 Å². The Labute approximate surface area is 116 Å². The number of carboxylic acids is 1. The Bertz CT molecular complexity index is 358. The van der Waals surface area contributed by atoms with Crippen molar-refractivity contribution in [3.8, 4) is 0 Å². The Balaban J connectivity index is 4.74. The van der Waals surface area contributed by atoms with E-state index in [4.69, 9.17) is 14.0 Å². The average molecular weight is 304 g/mol. The molecule has 0 aliphatic carbocycles. The fourth-order valence-electron chi connectivity index (χ4n) is 1.89. The van der Waals surface area contributed by atoms with Crippen LogP contribution in [-0.4, -0.2) is 39.4 Å². The fourth-order valence-corrected chi connectivity index (χ4v) is 10.1. The summed E-state index contributed by atoms with van der Waals surface area (Å²) >= 11 is 0. The molecule has 0 fully saturated rings. The number of hydrogen-bond acceptors (Lipinski definition) is 4. The summed E-state index contributed by atoms with van der Waals surface area (Å²) < 4.78 is 11.5. The van der Waals surface area contributed by atoms with Gasteiger partial charge in [0, 0.05) is 12.2 Å². The molecule has 0 spiro atoms. The van der Waals surface area contributed by atoms with Crippen LogP contribution in [0.1, 0.15) is 13.3 Å². The van der Waals surface area contributed by atoms with Gasteiger partial charge in [-0.25, -0.2) is 9.59 Å². The highest BCUT2D eigenvalue weighted by atomic mass is 28.4. The summed E-state index contributed by atoms with van der Waals surface area (Å²) in [4.78, 5) is 21.9. The van der Waals surface area contributed by atoms with Gasteiger partial charge in [-0.3, -0.25) is 0 Å². The van der Waals surface area contributed by atoms with Crippen LogP contribution in [0, 0.1) is 0 Å². The number of aliphatic carboxylic acids is 1. The van der Waals surface area contributed by atoms with Crippen molar-refractivity contribution >= 4 is 28.6 Å². The van der Waals surface area contributed by atoms with Crippen molar-refractivity contribution in [2.24, 2.45) is 0 Å². The second-order valence-electron chi connectivity index (χ2n) is 5.82. The van der Waals surface area contributed by atoms with E-state index in [1.54, 1.807) is 0 Å². The molecule has 0 radical (unpaired) electrons. The van der Waals surface area contributed by atoms with Crippen LogP contribution in [0.2, 0.25) is 32.7 Å². The summed E-state index contributed by atoms with van der Waals surface area (Å²) in [6, 6.07) is 0. The van der Waals surface area contributed by atoms with Crippen LogP contribution in [0.5, 0.6) is 0 Å². The van der Waals surface area contributed by atoms with E-state index < -0.39 is 28.6 Å². The standard InChI is InChI=1S/C12H24O5Si2/c1-7-12(16-11(15)9-8-10(13)14)19(5,6)17-18(2,3)4/h8-9,12H,7H2,1-6H3,(H,13,14)/b9-8+. The molecule has 5 nitrogen and oxygen atoms in total.